The number of nitrogen functional groups attached to an aromatic ring is 1. The van der Waals surface area contributed by atoms with Crippen molar-refractivity contribution >= 4 is 37.5 Å². The molecular weight excluding hydrogens is 480 g/mol. The predicted molar refractivity (Wildman–Crippen MR) is 125 cm³/mol. The van der Waals surface area contributed by atoms with E-state index in [0.717, 1.165) is 59.2 Å². The summed E-state index contributed by atoms with van der Waals surface area (Å²) in [5, 5.41) is 15.5. The number of hydrogen-bond acceptors (Lipinski definition) is 3. The van der Waals surface area contributed by atoms with Crippen LogP contribution in [-0.2, 0) is 5.60 Å². The van der Waals surface area contributed by atoms with E-state index in [4.69, 9.17) is 5.73 Å². The van der Waals surface area contributed by atoms with Gasteiger partial charge in [-0.25, -0.2) is 0 Å². The third-order valence-corrected chi connectivity index (χ3v) is 8.24. The van der Waals surface area contributed by atoms with Crippen LogP contribution in [0.15, 0.2) is 21.1 Å². The monoisotopic (exact) mass is 514 g/mol. The van der Waals surface area contributed by atoms with Crippen LogP contribution in [-0.4, -0.2) is 18.2 Å². The Morgan fingerprint density at radius 1 is 0.964 bits per heavy atom. The topological polar surface area (TPSA) is 58.3 Å². The number of rotatable bonds is 8. The fourth-order valence-electron chi connectivity index (χ4n) is 5.18. The lowest BCUT2D eigenvalue weighted by Gasteiger charge is -2.39. The number of nitrogens with two attached hydrogens (primary N) is 1. The maximum atomic E-state index is 11.9. The highest BCUT2D eigenvalue weighted by atomic mass is 79.9. The van der Waals surface area contributed by atoms with Crippen molar-refractivity contribution in [3.8, 4) is 0 Å². The van der Waals surface area contributed by atoms with E-state index in [2.05, 4.69) is 37.2 Å². The van der Waals surface area contributed by atoms with E-state index in [9.17, 15) is 5.11 Å². The maximum Gasteiger partial charge on any atom is 0.0925 e. The Bertz CT molecular complexity index is 604. The van der Waals surface area contributed by atoms with Gasteiger partial charge in [0.25, 0.3) is 0 Å². The second kappa shape index (κ2) is 10.8. The van der Waals surface area contributed by atoms with Crippen LogP contribution in [0, 0.1) is 11.8 Å². The first-order valence-electron chi connectivity index (χ1n) is 11.2. The molecule has 0 amide bonds. The van der Waals surface area contributed by atoms with Gasteiger partial charge in [-0.3, -0.25) is 0 Å². The largest absolute Gasteiger partial charge is 0.397 e. The molecule has 1 aromatic carbocycles. The molecule has 1 atom stereocenters. The van der Waals surface area contributed by atoms with Crippen LogP contribution in [0.3, 0.4) is 0 Å². The molecule has 2 fully saturated rings. The number of anilines is 1. The quantitative estimate of drug-likeness (QED) is 0.273. The molecule has 158 valence electrons. The Morgan fingerprint density at radius 3 is 2.14 bits per heavy atom. The summed E-state index contributed by atoms with van der Waals surface area (Å²) in [6.07, 6.45) is 14.8. The van der Waals surface area contributed by atoms with Crippen LogP contribution in [0.4, 0.5) is 5.69 Å². The van der Waals surface area contributed by atoms with Gasteiger partial charge in [0, 0.05) is 8.95 Å². The standard InChI is InChI=1S/C23H36Br2N2O/c24-20-14-19(15-21(25)22(20)26)23(28,18-10-5-2-6-11-18)12-7-13-27-16-17-8-3-1-4-9-17/h14-15,17-18,27-28H,1-13,16,26H2. The average molecular weight is 516 g/mol. The van der Waals surface area contributed by atoms with Crippen LogP contribution in [0.2, 0.25) is 0 Å². The van der Waals surface area contributed by atoms with E-state index >= 15 is 0 Å². The van der Waals surface area contributed by atoms with E-state index in [1.165, 1.54) is 51.4 Å². The van der Waals surface area contributed by atoms with Crippen molar-refractivity contribution in [1.82, 2.24) is 5.32 Å². The minimum atomic E-state index is -0.772. The van der Waals surface area contributed by atoms with Crippen molar-refractivity contribution in [1.29, 1.82) is 0 Å². The molecule has 2 saturated carbocycles. The molecule has 5 heteroatoms. The molecule has 2 aliphatic carbocycles. The van der Waals surface area contributed by atoms with Gasteiger partial charge in [-0.2, -0.15) is 0 Å². The summed E-state index contributed by atoms with van der Waals surface area (Å²) in [6, 6.07) is 4.06. The summed E-state index contributed by atoms with van der Waals surface area (Å²) >= 11 is 7.14. The number of benzene rings is 1. The lowest BCUT2D eigenvalue weighted by molar-refractivity contribution is -0.0475. The SMILES string of the molecule is Nc1c(Br)cc(C(O)(CCCNCC2CCCCC2)C2CCCCC2)cc1Br. The maximum absolute atomic E-state index is 11.9. The molecule has 28 heavy (non-hydrogen) atoms. The smallest absolute Gasteiger partial charge is 0.0925 e. The molecule has 0 aliphatic heterocycles. The second-order valence-electron chi connectivity index (χ2n) is 8.92. The first-order chi connectivity index (χ1) is 13.5. The van der Waals surface area contributed by atoms with E-state index < -0.39 is 5.60 Å². The highest BCUT2D eigenvalue weighted by molar-refractivity contribution is 9.11. The third-order valence-electron chi connectivity index (χ3n) is 6.93. The van der Waals surface area contributed by atoms with Crippen molar-refractivity contribution in [2.45, 2.75) is 82.7 Å². The summed E-state index contributed by atoms with van der Waals surface area (Å²) in [5.74, 6) is 1.19. The summed E-state index contributed by atoms with van der Waals surface area (Å²) < 4.78 is 1.73. The minimum Gasteiger partial charge on any atom is -0.397 e. The normalized spacial score (nSPS) is 21.5. The Hall–Kier alpha value is -0.100. The second-order valence-corrected chi connectivity index (χ2v) is 10.6. The van der Waals surface area contributed by atoms with Gasteiger partial charge in [0.1, 0.15) is 0 Å². The summed E-state index contributed by atoms with van der Waals surface area (Å²) in [5.41, 5.74) is 7.02. The summed E-state index contributed by atoms with van der Waals surface area (Å²) in [6.45, 7) is 2.13. The Morgan fingerprint density at radius 2 is 1.54 bits per heavy atom. The highest BCUT2D eigenvalue weighted by Gasteiger charge is 2.39. The van der Waals surface area contributed by atoms with Gasteiger partial charge in [0.15, 0.2) is 0 Å². The first-order valence-corrected chi connectivity index (χ1v) is 12.8. The van der Waals surface area contributed by atoms with Crippen molar-refractivity contribution < 1.29 is 5.11 Å². The van der Waals surface area contributed by atoms with Crippen molar-refractivity contribution in [2.75, 3.05) is 18.8 Å². The van der Waals surface area contributed by atoms with Gasteiger partial charge >= 0.3 is 0 Å². The highest BCUT2D eigenvalue weighted by Crippen LogP contribution is 2.45. The number of aliphatic hydroxyl groups is 1. The Balaban J connectivity index is 1.63. The molecular formula is C23H36Br2N2O. The van der Waals surface area contributed by atoms with Crippen molar-refractivity contribution in [3.05, 3.63) is 26.6 Å². The predicted octanol–water partition coefficient (Wildman–Crippen LogP) is 6.51. The number of halogens is 2. The Labute approximate surface area is 187 Å². The number of hydrogen-bond donors (Lipinski definition) is 3. The zero-order chi connectivity index (χ0) is 20.0. The average Bonchev–Trinajstić information content (AvgIpc) is 2.72. The zero-order valence-corrected chi connectivity index (χ0v) is 20.2. The zero-order valence-electron chi connectivity index (χ0n) is 17.0. The lowest BCUT2D eigenvalue weighted by atomic mass is 9.71. The van der Waals surface area contributed by atoms with Gasteiger partial charge in [0.05, 0.1) is 11.3 Å². The summed E-state index contributed by atoms with van der Waals surface area (Å²) in [4.78, 5) is 0. The molecule has 0 heterocycles. The van der Waals surface area contributed by atoms with Crippen LogP contribution in [0.1, 0.15) is 82.6 Å². The van der Waals surface area contributed by atoms with Crippen LogP contribution in [0.5, 0.6) is 0 Å². The molecule has 1 unspecified atom stereocenters. The number of nitrogens with one attached hydrogen (secondary N) is 1. The van der Waals surface area contributed by atoms with Gasteiger partial charge in [-0.1, -0.05) is 38.5 Å². The molecule has 4 N–H and O–H groups in total. The fourth-order valence-corrected chi connectivity index (χ4v) is 6.37. The van der Waals surface area contributed by atoms with E-state index in [-0.39, 0.29) is 0 Å². The molecule has 0 radical (unpaired) electrons. The molecule has 0 aromatic heterocycles. The lowest BCUT2D eigenvalue weighted by Crippen LogP contribution is -2.37. The van der Waals surface area contributed by atoms with Crippen LogP contribution < -0.4 is 11.1 Å². The first kappa shape index (κ1) is 22.6. The van der Waals surface area contributed by atoms with Gasteiger partial charge < -0.3 is 16.2 Å². The van der Waals surface area contributed by atoms with Gasteiger partial charge in [0.2, 0.25) is 0 Å². The van der Waals surface area contributed by atoms with E-state index in [1.807, 2.05) is 12.1 Å². The molecule has 0 bridgehead atoms. The third kappa shape index (κ3) is 5.74. The molecule has 3 rings (SSSR count). The van der Waals surface area contributed by atoms with Crippen LogP contribution in [0.25, 0.3) is 0 Å². The van der Waals surface area contributed by atoms with E-state index in [0.29, 0.717) is 11.6 Å². The fraction of sp³-hybridized carbons (Fsp3) is 0.739. The Kier molecular flexibility index (Phi) is 8.70. The molecule has 2 aliphatic rings. The molecule has 0 spiro atoms. The summed E-state index contributed by atoms with van der Waals surface area (Å²) in [7, 11) is 0. The van der Waals surface area contributed by atoms with Gasteiger partial charge in [-0.15, -0.1) is 0 Å². The van der Waals surface area contributed by atoms with Crippen LogP contribution >= 0.6 is 31.9 Å². The van der Waals surface area contributed by atoms with Crippen molar-refractivity contribution in [2.24, 2.45) is 11.8 Å². The van der Waals surface area contributed by atoms with Crippen molar-refractivity contribution in [3.63, 3.8) is 0 Å². The van der Waals surface area contributed by atoms with Gasteiger partial charge in [-0.05, 0) is 113 Å². The van der Waals surface area contributed by atoms with E-state index in [1.54, 1.807) is 0 Å². The molecule has 1 aromatic rings. The minimum absolute atomic E-state index is 0.335. The molecule has 3 nitrogen and oxygen atoms in total. The molecule has 0 saturated heterocycles.